The molecule has 0 spiro atoms. The molecule has 3 rings (SSSR count). The number of fused-ring (bicyclic) bond motifs is 1. The number of imidazole rings is 1. The molecule has 1 aromatic carbocycles. The Morgan fingerprint density at radius 3 is 2.67 bits per heavy atom. The first kappa shape index (κ1) is 13.5. The third kappa shape index (κ3) is 2.98. The highest BCUT2D eigenvalue weighted by molar-refractivity contribution is 6.30. The van der Waals surface area contributed by atoms with E-state index >= 15 is 0 Å². The van der Waals surface area contributed by atoms with Crippen molar-refractivity contribution in [3.8, 4) is 0 Å². The minimum Gasteiger partial charge on any atom is -0.379 e. The number of hydrogen-bond donors (Lipinski definition) is 2. The molecule has 0 aliphatic rings. The largest absolute Gasteiger partial charge is 0.379 e. The van der Waals surface area contributed by atoms with Crippen molar-refractivity contribution >= 4 is 28.8 Å². The van der Waals surface area contributed by atoms with Crippen molar-refractivity contribution in [1.29, 1.82) is 0 Å². The second-order valence-corrected chi connectivity index (χ2v) is 5.08. The molecule has 5 nitrogen and oxygen atoms in total. The number of nitrogens with zero attached hydrogens (tertiary/aromatic N) is 2. The lowest BCUT2D eigenvalue weighted by Gasteiger charge is -2.04. The summed E-state index contributed by atoms with van der Waals surface area (Å²) in [5, 5.41) is 3.91. The van der Waals surface area contributed by atoms with Crippen LogP contribution in [0.3, 0.4) is 0 Å². The first-order chi connectivity index (χ1) is 10.1. The topological polar surface area (TPSA) is 72.4 Å². The molecular formula is C15H13ClN4O. The lowest BCUT2D eigenvalue weighted by molar-refractivity contribution is 0.100. The number of nitrogens with one attached hydrogen (secondary N) is 1. The van der Waals surface area contributed by atoms with Crippen molar-refractivity contribution in [2.24, 2.45) is 5.73 Å². The smallest absolute Gasteiger partial charge is 0.248 e. The number of amides is 1. The molecule has 2 heterocycles. The molecule has 0 bridgehead atoms. The number of hydrogen-bond acceptors (Lipinski definition) is 3. The Balaban J connectivity index is 1.72. The van der Waals surface area contributed by atoms with E-state index in [1.807, 2.05) is 41.1 Å². The van der Waals surface area contributed by atoms with Gasteiger partial charge in [-0.15, -0.1) is 0 Å². The van der Waals surface area contributed by atoms with Gasteiger partial charge in [0.2, 0.25) is 5.91 Å². The zero-order chi connectivity index (χ0) is 14.8. The van der Waals surface area contributed by atoms with Crippen molar-refractivity contribution in [2.75, 3.05) is 5.32 Å². The summed E-state index contributed by atoms with van der Waals surface area (Å²) < 4.78 is 1.88. The van der Waals surface area contributed by atoms with Crippen LogP contribution in [-0.4, -0.2) is 15.3 Å². The molecule has 0 saturated carbocycles. The predicted molar refractivity (Wildman–Crippen MR) is 82.5 cm³/mol. The fourth-order valence-electron chi connectivity index (χ4n) is 2.05. The Morgan fingerprint density at radius 2 is 1.95 bits per heavy atom. The molecule has 0 radical (unpaired) electrons. The van der Waals surface area contributed by atoms with Crippen LogP contribution in [0.2, 0.25) is 5.02 Å². The van der Waals surface area contributed by atoms with Crippen LogP contribution in [0.25, 0.3) is 5.65 Å². The summed E-state index contributed by atoms with van der Waals surface area (Å²) in [6, 6.07) is 10.7. The van der Waals surface area contributed by atoms with Crippen molar-refractivity contribution in [3.63, 3.8) is 0 Å². The van der Waals surface area contributed by atoms with E-state index in [1.165, 1.54) is 0 Å². The number of carbonyl (C=O) groups is 1. The van der Waals surface area contributed by atoms with Crippen LogP contribution >= 0.6 is 11.6 Å². The van der Waals surface area contributed by atoms with E-state index in [9.17, 15) is 4.79 Å². The fourth-order valence-corrected chi connectivity index (χ4v) is 2.22. The molecule has 3 aromatic rings. The summed E-state index contributed by atoms with van der Waals surface area (Å²) in [7, 11) is 0. The number of primary amides is 1. The molecular weight excluding hydrogens is 288 g/mol. The Morgan fingerprint density at radius 1 is 1.19 bits per heavy atom. The molecule has 0 aliphatic carbocycles. The van der Waals surface area contributed by atoms with Gasteiger partial charge in [-0.3, -0.25) is 4.79 Å². The number of benzene rings is 1. The summed E-state index contributed by atoms with van der Waals surface area (Å²) >= 11 is 5.94. The van der Waals surface area contributed by atoms with Gasteiger partial charge in [-0.1, -0.05) is 11.6 Å². The van der Waals surface area contributed by atoms with Crippen LogP contribution < -0.4 is 11.1 Å². The highest BCUT2D eigenvalue weighted by Gasteiger charge is 2.03. The van der Waals surface area contributed by atoms with E-state index < -0.39 is 5.91 Å². The standard InChI is InChI=1S/C15H13ClN4O/c16-11-3-6-14-19-13(9-20(14)8-11)7-18-12-4-1-10(2-5-12)15(17)21/h1-6,8-9,18H,7H2,(H2,17,21). The van der Waals surface area contributed by atoms with Crippen LogP contribution in [0.4, 0.5) is 5.69 Å². The second-order valence-electron chi connectivity index (χ2n) is 4.64. The van der Waals surface area contributed by atoms with E-state index in [0.717, 1.165) is 17.0 Å². The van der Waals surface area contributed by atoms with E-state index in [0.29, 0.717) is 17.1 Å². The van der Waals surface area contributed by atoms with Crippen LogP contribution in [0.5, 0.6) is 0 Å². The molecule has 0 unspecified atom stereocenters. The van der Waals surface area contributed by atoms with Gasteiger partial charge in [-0.05, 0) is 36.4 Å². The van der Waals surface area contributed by atoms with E-state index in [2.05, 4.69) is 10.3 Å². The maximum atomic E-state index is 11.0. The highest BCUT2D eigenvalue weighted by Crippen LogP contribution is 2.14. The van der Waals surface area contributed by atoms with Gasteiger partial charge < -0.3 is 15.5 Å². The maximum absolute atomic E-state index is 11.0. The average molecular weight is 301 g/mol. The van der Waals surface area contributed by atoms with Crippen molar-refractivity contribution < 1.29 is 4.79 Å². The number of pyridine rings is 1. The summed E-state index contributed by atoms with van der Waals surface area (Å²) in [6.45, 7) is 0.579. The lowest BCUT2D eigenvalue weighted by atomic mass is 10.2. The third-order valence-corrected chi connectivity index (χ3v) is 3.33. The van der Waals surface area contributed by atoms with Crippen molar-refractivity contribution in [3.05, 3.63) is 65.1 Å². The van der Waals surface area contributed by atoms with Crippen LogP contribution in [-0.2, 0) is 6.54 Å². The predicted octanol–water partition coefficient (Wildman–Crippen LogP) is 2.70. The number of halogens is 1. The molecule has 6 heteroatoms. The molecule has 0 saturated heterocycles. The Labute approximate surface area is 126 Å². The normalized spacial score (nSPS) is 10.7. The molecule has 21 heavy (non-hydrogen) atoms. The van der Waals surface area contributed by atoms with Crippen LogP contribution in [0.1, 0.15) is 16.1 Å². The van der Waals surface area contributed by atoms with Gasteiger partial charge in [0.1, 0.15) is 5.65 Å². The number of nitrogens with two attached hydrogens (primary N) is 1. The third-order valence-electron chi connectivity index (χ3n) is 3.11. The molecule has 0 aliphatic heterocycles. The van der Waals surface area contributed by atoms with Gasteiger partial charge >= 0.3 is 0 Å². The second kappa shape index (κ2) is 5.46. The van der Waals surface area contributed by atoms with Gasteiger partial charge in [-0.25, -0.2) is 4.98 Å². The monoisotopic (exact) mass is 300 g/mol. The lowest BCUT2D eigenvalue weighted by Crippen LogP contribution is -2.10. The molecule has 0 fully saturated rings. The minimum absolute atomic E-state index is 0.432. The number of aromatic nitrogens is 2. The van der Waals surface area contributed by atoms with Gasteiger partial charge in [0.25, 0.3) is 0 Å². The molecule has 1 amide bonds. The van der Waals surface area contributed by atoms with Crippen molar-refractivity contribution in [2.45, 2.75) is 6.54 Å². The molecule has 3 N–H and O–H groups in total. The summed E-state index contributed by atoms with van der Waals surface area (Å²) in [5.74, 6) is -0.432. The first-order valence-corrected chi connectivity index (χ1v) is 6.76. The van der Waals surface area contributed by atoms with Crippen LogP contribution in [0.15, 0.2) is 48.8 Å². The van der Waals surface area contributed by atoms with Gasteiger partial charge in [0, 0.05) is 23.6 Å². The van der Waals surface area contributed by atoms with E-state index in [4.69, 9.17) is 17.3 Å². The fraction of sp³-hybridized carbons (Fsp3) is 0.0667. The average Bonchev–Trinajstić information content (AvgIpc) is 2.87. The Hall–Kier alpha value is -2.53. The SMILES string of the molecule is NC(=O)c1ccc(NCc2cn3cc(Cl)ccc3n2)cc1. The van der Waals surface area contributed by atoms with E-state index in [1.54, 1.807) is 12.1 Å². The maximum Gasteiger partial charge on any atom is 0.248 e. The quantitative estimate of drug-likeness (QED) is 0.778. The zero-order valence-corrected chi connectivity index (χ0v) is 11.8. The van der Waals surface area contributed by atoms with Crippen molar-refractivity contribution in [1.82, 2.24) is 9.38 Å². The number of carbonyl (C=O) groups excluding carboxylic acids is 1. The minimum atomic E-state index is -0.432. The summed E-state index contributed by atoms with van der Waals surface area (Å²) in [5.41, 5.74) is 8.34. The summed E-state index contributed by atoms with van der Waals surface area (Å²) in [4.78, 5) is 15.5. The first-order valence-electron chi connectivity index (χ1n) is 6.39. The van der Waals surface area contributed by atoms with Crippen LogP contribution in [0, 0.1) is 0 Å². The Bertz CT molecular complexity index is 795. The number of anilines is 1. The molecule has 0 atom stereocenters. The number of rotatable bonds is 4. The molecule has 106 valence electrons. The Kier molecular flexibility index (Phi) is 3.50. The van der Waals surface area contributed by atoms with E-state index in [-0.39, 0.29) is 0 Å². The summed E-state index contributed by atoms with van der Waals surface area (Å²) in [6.07, 6.45) is 3.74. The van der Waals surface area contributed by atoms with Gasteiger partial charge in [-0.2, -0.15) is 0 Å². The molecule has 2 aromatic heterocycles. The van der Waals surface area contributed by atoms with Gasteiger partial charge in [0.15, 0.2) is 0 Å². The highest BCUT2D eigenvalue weighted by atomic mass is 35.5. The van der Waals surface area contributed by atoms with Gasteiger partial charge in [0.05, 0.1) is 17.3 Å². The zero-order valence-electron chi connectivity index (χ0n) is 11.1.